The van der Waals surface area contributed by atoms with E-state index in [4.69, 9.17) is 11.6 Å². The van der Waals surface area contributed by atoms with Gasteiger partial charge in [0.1, 0.15) is 5.82 Å². The maximum atomic E-state index is 13.7. The number of benzene rings is 2. The monoisotopic (exact) mass is 396 g/mol. The van der Waals surface area contributed by atoms with Crippen molar-refractivity contribution in [1.82, 2.24) is 9.21 Å². The van der Waals surface area contributed by atoms with E-state index in [1.807, 2.05) is 6.07 Å². The van der Waals surface area contributed by atoms with Gasteiger partial charge >= 0.3 is 0 Å². The lowest BCUT2D eigenvalue weighted by molar-refractivity contribution is 0.189. The zero-order valence-corrected chi connectivity index (χ0v) is 16.0. The summed E-state index contributed by atoms with van der Waals surface area (Å²) in [6.07, 6.45) is 0.624. The van der Waals surface area contributed by atoms with Crippen LogP contribution in [0, 0.1) is 5.82 Å². The predicted molar refractivity (Wildman–Crippen MR) is 102 cm³/mol. The normalized spacial score (nSPS) is 16.7. The van der Waals surface area contributed by atoms with Gasteiger partial charge in [-0.2, -0.15) is 4.31 Å². The first kappa shape index (κ1) is 19.3. The van der Waals surface area contributed by atoms with Gasteiger partial charge in [0.25, 0.3) is 0 Å². The summed E-state index contributed by atoms with van der Waals surface area (Å²) in [4.78, 5) is 2.17. The molecule has 0 aliphatic carbocycles. The zero-order chi connectivity index (χ0) is 18.6. The second kappa shape index (κ2) is 8.48. The number of nitrogens with zero attached hydrogens (tertiary/aromatic N) is 2. The van der Waals surface area contributed by atoms with Crippen LogP contribution in [0.5, 0.6) is 0 Å². The molecule has 0 atom stereocenters. The van der Waals surface area contributed by atoms with Crippen molar-refractivity contribution >= 4 is 21.6 Å². The molecule has 0 unspecified atom stereocenters. The second-order valence-electron chi connectivity index (χ2n) is 6.43. The lowest BCUT2D eigenvalue weighted by Crippen LogP contribution is -2.49. The minimum atomic E-state index is -3.39. The molecular formula is C19H22ClFN2O2S. The molecule has 0 N–H and O–H groups in total. The fourth-order valence-electron chi connectivity index (χ4n) is 3.11. The van der Waals surface area contributed by atoms with Crippen LogP contribution >= 0.6 is 11.6 Å². The highest BCUT2D eigenvalue weighted by Crippen LogP contribution is 2.20. The Morgan fingerprint density at radius 2 is 1.54 bits per heavy atom. The molecule has 1 fully saturated rings. The van der Waals surface area contributed by atoms with Crippen LogP contribution in [0.25, 0.3) is 0 Å². The Hall–Kier alpha value is -1.47. The summed E-state index contributed by atoms with van der Waals surface area (Å²) in [5.74, 6) is -0.268. The lowest BCUT2D eigenvalue weighted by Gasteiger charge is -2.34. The molecule has 4 nitrogen and oxygen atoms in total. The Kier molecular flexibility index (Phi) is 6.29. The van der Waals surface area contributed by atoms with E-state index >= 15 is 0 Å². The summed E-state index contributed by atoms with van der Waals surface area (Å²) < 4.78 is 40.5. The molecule has 0 saturated carbocycles. The number of hydrogen-bond donors (Lipinski definition) is 0. The molecule has 2 aromatic carbocycles. The minimum absolute atomic E-state index is 0.0814. The molecule has 0 radical (unpaired) electrons. The van der Waals surface area contributed by atoms with E-state index in [0.29, 0.717) is 48.7 Å². The van der Waals surface area contributed by atoms with Crippen molar-refractivity contribution in [3.63, 3.8) is 0 Å². The van der Waals surface area contributed by atoms with Crippen LogP contribution in [0.1, 0.15) is 11.1 Å². The summed E-state index contributed by atoms with van der Waals surface area (Å²) in [6, 6.07) is 13.8. The molecular weight excluding hydrogens is 375 g/mol. The average molecular weight is 397 g/mol. The molecule has 0 bridgehead atoms. The summed E-state index contributed by atoms with van der Waals surface area (Å²) in [5, 5.41) is 0.472. The third kappa shape index (κ3) is 4.82. The number of hydrogen-bond acceptors (Lipinski definition) is 3. The Labute approximate surface area is 159 Å². The van der Waals surface area contributed by atoms with Crippen LogP contribution in [-0.4, -0.2) is 50.3 Å². The Balaban J connectivity index is 1.53. The van der Waals surface area contributed by atoms with Crippen molar-refractivity contribution < 1.29 is 12.8 Å². The second-order valence-corrected chi connectivity index (χ2v) is 8.81. The smallest absolute Gasteiger partial charge is 0.218 e. The van der Waals surface area contributed by atoms with Crippen LogP contribution in [0.4, 0.5) is 4.39 Å². The Morgan fingerprint density at radius 1 is 0.923 bits per heavy atom. The highest BCUT2D eigenvalue weighted by molar-refractivity contribution is 7.88. The maximum absolute atomic E-state index is 13.7. The third-order valence-corrected chi connectivity index (χ3v) is 6.87. The van der Waals surface area contributed by atoms with Gasteiger partial charge in [0.15, 0.2) is 0 Å². The predicted octanol–water partition coefficient (Wildman–Crippen LogP) is 3.17. The lowest BCUT2D eigenvalue weighted by atomic mass is 10.1. The van der Waals surface area contributed by atoms with Crippen molar-refractivity contribution in [2.75, 3.05) is 32.7 Å². The van der Waals surface area contributed by atoms with Gasteiger partial charge in [0.2, 0.25) is 10.0 Å². The van der Waals surface area contributed by atoms with Crippen LogP contribution in [0.2, 0.25) is 5.02 Å². The molecule has 0 spiro atoms. The quantitative estimate of drug-likeness (QED) is 0.753. The van der Waals surface area contributed by atoms with E-state index in [1.54, 1.807) is 36.4 Å². The van der Waals surface area contributed by atoms with Gasteiger partial charge in [0.05, 0.1) is 5.75 Å². The number of rotatable bonds is 6. The first-order valence-electron chi connectivity index (χ1n) is 8.63. The van der Waals surface area contributed by atoms with Crippen molar-refractivity contribution in [3.8, 4) is 0 Å². The van der Waals surface area contributed by atoms with Crippen LogP contribution in [-0.2, 0) is 22.2 Å². The van der Waals surface area contributed by atoms with E-state index in [2.05, 4.69) is 4.90 Å². The number of piperazine rings is 1. The zero-order valence-electron chi connectivity index (χ0n) is 14.4. The van der Waals surface area contributed by atoms with Gasteiger partial charge in [0, 0.05) is 37.7 Å². The SMILES string of the molecule is O=S(=O)(Cc1ccccc1Cl)N1CCN(CCc2ccccc2F)CC1. The minimum Gasteiger partial charge on any atom is -0.300 e. The Morgan fingerprint density at radius 3 is 2.19 bits per heavy atom. The van der Waals surface area contributed by atoms with E-state index in [0.717, 1.165) is 6.54 Å². The van der Waals surface area contributed by atoms with E-state index in [1.165, 1.54) is 10.4 Å². The first-order valence-corrected chi connectivity index (χ1v) is 10.6. The summed E-state index contributed by atoms with van der Waals surface area (Å²) in [7, 11) is -3.39. The molecule has 140 valence electrons. The van der Waals surface area contributed by atoms with Gasteiger partial charge in [-0.05, 0) is 29.7 Å². The molecule has 0 amide bonds. The van der Waals surface area contributed by atoms with Gasteiger partial charge in [-0.25, -0.2) is 12.8 Å². The van der Waals surface area contributed by atoms with Crippen molar-refractivity contribution in [3.05, 3.63) is 70.5 Å². The van der Waals surface area contributed by atoms with Crippen molar-refractivity contribution in [2.24, 2.45) is 0 Å². The molecule has 3 rings (SSSR count). The topological polar surface area (TPSA) is 40.6 Å². The molecule has 0 aromatic heterocycles. The molecule has 26 heavy (non-hydrogen) atoms. The largest absolute Gasteiger partial charge is 0.300 e. The molecule has 2 aromatic rings. The van der Waals surface area contributed by atoms with Gasteiger partial charge < -0.3 is 4.90 Å². The van der Waals surface area contributed by atoms with Crippen molar-refractivity contribution in [1.29, 1.82) is 0 Å². The fraction of sp³-hybridized carbons (Fsp3) is 0.368. The summed E-state index contributed by atoms with van der Waals surface area (Å²) in [5.41, 5.74) is 1.32. The molecule has 1 saturated heterocycles. The van der Waals surface area contributed by atoms with Crippen LogP contribution in [0.3, 0.4) is 0 Å². The highest BCUT2D eigenvalue weighted by atomic mass is 35.5. The summed E-state index contributed by atoms with van der Waals surface area (Å²) >= 11 is 6.08. The van der Waals surface area contributed by atoms with E-state index in [-0.39, 0.29) is 11.6 Å². The standard InChI is InChI=1S/C19H22ClFN2O2S/c20-18-7-3-1-6-17(18)15-26(24,25)23-13-11-22(12-14-23)10-9-16-5-2-4-8-19(16)21/h1-8H,9-15H2. The van der Waals surface area contributed by atoms with Crippen molar-refractivity contribution in [2.45, 2.75) is 12.2 Å². The summed E-state index contributed by atoms with van der Waals surface area (Å²) in [6.45, 7) is 2.92. The van der Waals surface area contributed by atoms with E-state index < -0.39 is 10.0 Å². The fourth-order valence-corrected chi connectivity index (χ4v) is 4.94. The third-order valence-electron chi connectivity index (χ3n) is 4.68. The first-order chi connectivity index (χ1) is 12.5. The highest BCUT2D eigenvalue weighted by Gasteiger charge is 2.27. The Bertz CT molecular complexity index is 852. The average Bonchev–Trinajstić information content (AvgIpc) is 2.63. The van der Waals surface area contributed by atoms with Gasteiger partial charge in [-0.3, -0.25) is 0 Å². The molecule has 1 heterocycles. The molecule has 1 aliphatic heterocycles. The van der Waals surface area contributed by atoms with Crippen LogP contribution in [0.15, 0.2) is 48.5 Å². The van der Waals surface area contributed by atoms with Crippen LogP contribution < -0.4 is 0 Å². The number of sulfonamides is 1. The van der Waals surface area contributed by atoms with Gasteiger partial charge in [-0.1, -0.05) is 48.0 Å². The molecule has 7 heteroatoms. The van der Waals surface area contributed by atoms with Gasteiger partial charge in [-0.15, -0.1) is 0 Å². The van der Waals surface area contributed by atoms with E-state index in [9.17, 15) is 12.8 Å². The maximum Gasteiger partial charge on any atom is 0.218 e. The molecule has 1 aliphatic rings. The number of halogens is 2.